The molecule has 328 valence electrons. The molecule has 0 radical (unpaired) electrons. The van der Waals surface area contributed by atoms with Gasteiger partial charge in [-0.25, -0.2) is 0 Å². The van der Waals surface area contributed by atoms with Crippen LogP contribution in [0.2, 0.25) is 0 Å². The van der Waals surface area contributed by atoms with Gasteiger partial charge in [0.25, 0.3) is 0 Å². The highest BCUT2D eigenvalue weighted by atomic mass is 16.6. The molecule has 0 spiro atoms. The Kier molecular flexibility index (Phi) is 10.2. The van der Waals surface area contributed by atoms with Crippen LogP contribution >= 0.6 is 0 Å². The van der Waals surface area contributed by atoms with Gasteiger partial charge in [-0.05, 0) is 166 Å². The van der Waals surface area contributed by atoms with E-state index < -0.39 is 23.6 Å². The van der Waals surface area contributed by atoms with E-state index in [0.717, 1.165) is 76.3 Å². The number of nitrogens with zero attached hydrogens (tertiary/aromatic N) is 3. The van der Waals surface area contributed by atoms with Crippen LogP contribution in [0.3, 0.4) is 0 Å². The van der Waals surface area contributed by atoms with Gasteiger partial charge >= 0.3 is 5.97 Å². The summed E-state index contributed by atoms with van der Waals surface area (Å²) in [6, 6.07) is 9.74. The number of ether oxygens (including phenoxy) is 1. The summed E-state index contributed by atoms with van der Waals surface area (Å²) < 4.78 is 13.0. The third-order valence-electron chi connectivity index (χ3n) is 20.1. The molecule has 1 amide bonds. The van der Waals surface area contributed by atoms with Crippen molar-refractivity contribution in [3.63, 3.8) is 0 Å². The molecule has 9 heteroatoms. The highest BCUT2D eigenvalue weighted by molar-refractivity contribution is 5.84. The Morgan fingerprint density at radius 1 is 0.883 bits per heavy atom. The number of allylic oxidation sites excluding steroid dienone is 1. The summed E-state index contributed by atoms with van der Waals surface area (Å²) in [6.07, 6.45) is 13.0. The van der Waals surface area contributed by atoms with Crippen LogP contribution in [0.4, 0.5) is 0 Å². The van der Waals surface area contributed by atoms with Crippen molar-refractivity contribution in [2.75, 3.05) is 6.54 Å². The van der Waals surface area contributed by atoms with Gasteiger partial charge in [0, 0.05) is 18.0 Å². The van der Waals surface area contributed by atoms with Gasteiger partial charge in [-0.15, -0.1) is 16.8 Å². The lowest BCUT2D eigenvalue weighted by molar-refractivity contribution is -0.285. The maximum absolute atomic E-state index is 15.6. The van der Waals surface area contributed by atoms with Crippen LogP contribution < -0.4 is 0 Å². The molecule has 60 heavy (non-hydrogen) atoms. The monoisotopic (exact) mass is 824 g/mol. The molecule has 6 saturated carbocycles. The molecule has 0 bridgehead atoms. The summed E-state index contributed by atoms with van der Waals surface area (Å²) in [6.45, 7) is 24.0. The van der Waals surface area contributed by atoms with Gasteiger partial charge in [-0.3, -0.25) is 9.59 Å². The first-order valence-electron chi connectivity index (χ1n) is 23.7. The zero-order valence-corrected chi connectivity index (χ0v) is 37.8. The number of aromatic nitrogens is 2. The lowest BCUT2D eigenvalue weighted by Gasteiger charge is -2.73. The van der Waals surface area contributed by atoms with Crippen LogP contribution in [0.5, 0.6) is 0 Å². The first-order chi connectivity index (χ1) is 28.3. The van der Waals surface area contributed by atoms with E-state index in [1.54, 1.807) is 0 Å². The molecule has 1 aromatic heterocycles. The average molecular weight is 824 g/mol. The summed E-state index contributed by atoms with van der Waals surface area (Å²) in [5, 5.41) is 30.2. The van der Waals surface area contributed by atoms with E-state index in [0.29, 0.717) is 53.7 Å². The first kappa shape index (κ1) is 42.3. The van der Waals surface area contributed by atoms with E-state index in [4.69, 9.17) is 9.15 Å². The molecule has 9 rings (SSSR count). The van der Waals surface area contributed by atoms with Crippen LogP contribution in [0.1, 0.15) is 157 Å². The molecular formula is C51H73N3O6. The van der Waals surface area contributed by atoms with Gasteiger partial charge in [0.15, 0.2) is 6.29 Å². The molecule has 6 aliphatic carbocycles. The predicted octanol–water partition coefficient (Wildman–Crippen LogP) is 10.9. The number of aliphatic hydroxyl groups excluding tert-OH is 1. The number of hydrogen-bond donors (Lipinski definition) is 2. The topological polar surface area (TPSA) is 126 Å². The number of aliphatic carboxylic acids is 1. The third kappa shape index (κ3) is 6.03. The largest absolute Gasteiger partial charge is 0.481 e. The first-order valence-corrected chi connectivity index (χ1v) is 23.7. The fourth-order valence-electron chi connectivity index (χ4n) is 16.7. The standard InChI is InChI=1S/C51H73N3O6/c1-30(2)28-32-19-24-51(45(58)54-27-13-16-36(54)42-53-52-41(60-42)31-14-11-10-12-15-31)26-25-49(8)33(40(32)51)17-18-38-48(7)22-21-39(47(5,6)37(48)20-23-50(38,49)9)59-44(57)35-29-34(43(55)56)46(35,3)4/h10-12,14-15,32-40,44,57H,1,13,16-29H2,2-9H3,(H,55,56)/t32-,33?,34?,35?,36-,37-,38+,39?,40+,44?,48?,49+,50+,51?/m0/s1. The number of likely N-dealkylation sites (tertiary alicyclic amines) is 1. The van der Waals surface area contributed by atoms with E-state index >= 15 is 4.79 Å². The van der Waals surface area contributed by atoms with Crippen molar-refractivity contribution in [2.45, 2.75) is 164 Å². The number of carboxylic acid groups (broad SMARTS) is 1. The second kappa shape index (κ2) is 14.5. The van der Waals surface area contributed by atoms with E-state index in [-0.39, 0.29) is 45.1 Å². The maximum Gasteiger partial charge on any atom is 0.307 e. The van der Waals surface area contributed by atoms with Gasteiger partial charge in [-0.1, -0.05) is 72.2 Å². The Hall–Kier alpha value is -3.04. The number of carbonyl (C=O) groups is 2. The Morgan fingerprint density at radius 3 is 2.33 bits per heavy atom. The molecule has 7 aliphatic rings. The number of carbonyl (C=O) groups excluding carboxylic acids is 1. The van der Waals surface area contributed by atoms with Gasteiger partial charge in [0.2, 0.25) is 17.7 Å². The summed E-state index contributed by atoms with van der Waals surface area (Å²) in [5.41, 5.74) is 1.52. The molecule has 2 N–H and O–H groups in total. The van der Waals surface area contributed by atoms with Crippen LogP contribution in [0.15, 0.2) is 46.9 Å². The van der Waals surface area contributed by atoms with E-state index in [9.17, 15) is 15.0 Å². The number of rotatable bonds is 9. The smallest absolute Gasteiger partial charge is 0.307 e. The Bertz CT molecular complexity index is 1990. The average Bonchev–Trinajstić information content (AvgIpc) is 3.95. The van der Waals surface area contributed by atoms with Crippen LogP contribution in [-0.4, -0.2) is 56.1 Å². The Morgan fingerprint density at radius 2 is 1.63 bits per heavy atom. The molecule has 14 atom stereocenters. The number of aliphatic hydroxyl groups is 1. The minimum absolute atomic E-state index is 0.0734. The number of amides is 1. The third-order valence-corrected chi connectivity index (χ3v) is 20.1. The molecule has 2 heterocycles. The van der Waals surface area contributed by atoms with E-state index in [1.807, 2.05) is 44.2 Å². The van der Waals surface area contributed by atoms with Crippen molar-refractivity contribution < 1.29 is 29.0 Å². The summed E-state index contributed by atoms with van der Waals surface area (Å²) in [4.78, 5) is 29.6. The van der Waals surface area contributed by atoms with Crippen molar-refractivity contribution in [3.8, 4) is 11.5 Å². The normalized spacial score (nSPS) is 43.1. The van der Waals surface area contributed by atoms with Crippen molar-refractivity contribution in [3.05, 3.63) is 48.4 Å². The highest BCUT2D eigenvalue weighted by Crippen LogP contribution is 2.78. The molecule has 7 fully saturated rings. The fourth-order valence-corrected chi connectivity index (χ4v) is 16.7. The molecule has 9 nitrogen and oxygen atoms in total. The lowest BCUT2D eigenvalue weighted by Crippen LogP contribution is -2.67. The molecule has 7 unspecified atom stereocenters. The quantitative estimate of drug-likeness (QED) is 0.189. The number of carboxylic acids is 1. The van der Waals surface area contributed by atoms with E-state index in [2.05, 4.69) is 63.2 Å². The van der Waals surface area contributed by atoms with Crippen LogP contribution in [-0.2, 0) is 14.3 Å². The maximum atomic E-state index is 15.6. The van der Waals surface area contributed by atoms with Gasteiger partial charge < -0.3 is 24.3 Å². The van der Waals surface area contributed by atoms with Crippen molar-refractivity contribution >= 4 is 11.9 Å². The Labute approximate surface area is 358 Å². The second-order valence-corrected chi connectivity index (χ2v) is 23.2. The predicted molar refractivity (Wildman–Crippen MR) is 231 cm³/mol. The minimum atomic E-state index is -0.953. The molecule has 1 aliphatic heterocycles. The zero-order chi connectivity index (χ0) is 42.8. The van der Waals surface area contributed by atoms with Gasteiger partial charge in [0.05, 0.1) is 17.4 Å². The number of hydrogen-bond acceptors (Lipinski definition) is 7. The molecule has 2 aromatic rings. The van der Waals surface area contributed by atoms with Gasteiger partial charge in [-0.2, -0.15) is 0 Å². The second-order valence-electron chi connectivity index (χ2n) is 23.2. The minimum Gasteiger partial charge on any atom is -0.481 e. The summed E-state index contributed by atoms with van der Waals surface area (Å²) in [5.74, 6) is 2.32. The summed E-state index contributed by atoms with van der Waals surface area (Å²) >= 11 is 0. The van der Waals surface area contributed by atoms with E-state index in [1.165, 1.54) is 24.8 Å². The highest BCUT2D eigenvalue weighted by Gasteiger charge is 2.72. The SMILES string of the molecule is C=C(C)C[C@@H]1CCC2(C(=O)N3CCC[C@H]3c3nnc(-c4ccccc4)o3)CC[C@]3(C)C(CC[C@@H]4C5(C)CCC(OC(O)C6CC(C(=O)O)C6(C)C)C(C)(C)[C@@H]5CC[C@]43C)[C@@H]12. The van der Waals surface area contributed by atoms with Gasteiger partial charge in [0.1, 0.15) is 6.04 Å². The fraction of sp³-hybridized carbons (Fsp3) is 0.765. The van der Waals surface area contributed by atoms with Crippen molar-refractivity contribution in [1.29, 1.82) is 0 Å². The molecule has 1 saturated heterocycles. The summed E-state index contributed by atoms with van der Waals surface area (Å²) in [7, 11) is 0. The van der Waals surface area contributed by atoms with Crippen LogP contribution in [0, 0.1) is 73.9 Å². The van der Waals surface area contributed by atoms with Crippen molar-refractivity contribution in [2.24, 2.45) is 73.9 Å². The molecular weight excluding hydrogens is 751 g/mol. The Balaban J connectivity index is 0.972. The zero-order valence-electron chi connectivity index (χ0n) is 37.8. The van der Waals surface area contributed by atoms with Crippen molar-refractivity contribution in [1.82, 2.24) is 15.1 Å². The number of benzene rings is 1. The number of fused-ring (bicyclic) bond motifs is 7. The van der Waals surface area contributed by atoms with Crippen LogP contribution in [0.25, 0.3) is 11.5 Å². The lowest BCUT2D eigenvalue weighted by atomic mass is 9.32. The molecule has 1 aromatic carbocycles.